The van der Waals surface area contributed by atoms with Crippen LogP contribution in [0.15, 0.2) is 42.0 Å². The van der Waals surface area contributed by atoms with E-state index in [0.29, 0.717) is 11.1 Å². The molecular weight excluding hydrogens is 276 g/mol. The molecular formula is C19H16O3. The maximum atomic E-state index is 12.2. The van der Waals surface area contributed by atoms with E-state index < -0.39 is 5.92 Å². The Bertz CT molecular complexity index is 866. The van der Waals surface area contributed by atoms with Gasteiger partial charge >= 0.3 is 0 Å². The molecule has 1 aliphatic carbocycles. The zero-order chi connectivity index (χ0) is 16.0. The van der Waals surface area contributed by atoms with Crippen molar-refractivity contribution in [2.45, 2.75) is 26.7 Å². The highest BCUT2D eigenvalue weighted by molar-refractivity contribution is 6.31. The largest absolute Gasteiger partial charge is 0.299 e. The number of hydrogen-bond donors (Lipinski definition) is 0. The molecule has 0 bridgehead atoms. The molecule has 0 spiro atoms. The van der Waals surface area contributed by atoms with Gasteiger partial charge in [-0.3, -0.25) is 14.4 Å². The average molecular weight is 292 g/mol. The molecule has 2 aromatic carbocycles. The monoisotopic (exact) mass is 292 g/mol. The van der Waals surface area contributed by atoms with Gasteiger partial charge in [-0.1, -0.05) is 36.4 Å². The lowest BCUT2D eigenvalue weighted by atomic mass is 9.73. The zero-order valence-corrected chi connectivity index (χ0v) is 12.8. The molecule has 2 aromatic rings. The molecule has 110 valence electrons. The van der Waals surface area contributed by atoms with E-state index in [1.807, 2.05) is 36.4 Å². The standard InChI is InChI=1S/C19H16O3/c1-10(20)16-14-8-4-6-13-7-5-9-15(19(13)14)17(11(2)21)18(16)12(3)22/h4-9,16H,1-3H3. The number of carbonyl (C=O) groups is 3. The van der Waals surface area contributed by atoms with Gasteiger partial charge in [-0.05, 0) is 42.7 Å². The number of Topliss-reactive ketones (excluding diaryl/α,β-unsaturated/α-hetero) is 3. The molecule has 0 fully saturated rings. The second kappa shape index (κ2) is 5.02. The summed E-state index contributed by atoms with van der Waals surface area (Å²) in [6, 6.07) is 11.4. The van der Waals surface area contributed by atoms with Crippen LogP contribution < -0.4 is 0 Å². The summed E-state index contributed by atoms with van der Waals surface area (Å²) in [4.78, 5) is 36.6. The molecule has 1 aliphatic rings. The average Bonchev–Trinajstić information content (AvgIpc) is 2.46. The highest BCUT2D eigenvalue weighted by Crippen LogP contribution is 2.44. The topological polar surface area (TPSA) is 51.2 Å². The van der Waals surface area contributed by atoms with Crippen molar-refractivity contribution in [2.75, 3.05) is 0 Å². The third-order valence-electron chi connectivity index (χ3n) is 4.21. The molecule has 0 N–H and O–H groups in total. The molecule has 0 aliphatic heterocycles. The van der Waals surface area contributed by atoms with Gasteiger partial charge < -0.3 is 0 Å². The molecule has 0 saturated carbocycles. The van der Waals surface area contributed by atoms with E-state index in [9.17, 15) is 14.4 Å². The Hall–Kier alpha value is -2.55. The zero-order valence-electron chi connectivity index (χ0n) is 12.8. The first-order chi connectivity index (χ1) is 10.4. The first-order valence-electron chi connectivity index (χ1n) is 7.22. The van der Waals surface area contributed by atoms with Crippen molar-refractivity contribution in [1.29, 1.82) is 0 Å². The summed E-state index contributed by atoms with van der Waals surface area (Å²) in [6.07, 6.45) is 0. The van der Waals surface area contributed by atoms with Gasteiger partial charge in [-0.25, -0.2) is 0 Å². The smallest absolute Gasteiger partial charge is 0.160 e. The van der Waals surface area contributed by atoms with Crippen LogP contribution in [0.3, 0.4) is 0 Å². The summed E-state index contributed by atoms with van der Waals surface area (Å²) in [5.41, 5.74) is 2.28. The Balaban J connectivity index is 2.54. The Labute approximate surface area is 128 Å². The number of ketones is 3. The van der Waals surface area contributed by atoms with Gasteiger partial charge in [0.15, 0.2) is 11.6 Å². The Morgan fingerprint density at radius 2 is 1.50 bits per heavy atom. The SMILES string of the molecule is CC(=O)C1=C(C(C)=O)C(C(C)=O)c2cccc3cccc1c23. The fourth-order valence-electron chi connectivity index (χ4n) is 3.44. The summed E-state index contributed by atoms with van der Waals surface area (Å²) >= 11 is 0. The van der Waals surface area contributed by atoms with E-state index in [0.717, 1.165) is 21.9 Å². The lowest BCUT2D eigenvalue weighted by Gasteiger charge is -2.27. The van der Waals surface area contributed by atoms with Gasteiger partial charge in [0.2, 0.25) is 0 Å². The molecule has 0 amide bonds. The van der Waals surface area contributed by atoms with Crippen LogP contribution in [0.4, 0.5) is 0 Å². The van der Waals surface area contributed by atoms with Crippen LogP contribution in [0.5, 0.6) is 0 Å². The van der Waals surface area contributed by atoms with Crippen molar-refractivity contribution in [3.63, 3.8) is 0 Å². The molecule has 3 nitrogen and oxygen atoms in total. The van der Waals surface area contributed by atoms with Gasteiger partial charge in [0.05, 0.1) is 5.92 Å². The van der Waals surface area contributed by atoms with E-state index in [-0.39, 0.29) is 17.3 Å². The highest BCUT2D eigenvalue weighted by atomic mass is 16.1. The van der Waals surface area contributed by atoms with Crippen LogP contribution in [0.2, 0.25) is 0 Å². The molecule has 1 unspecified atom stereocenters. The molecule has 3 heteroatoms. The number of rotatable bonds is 3. The van der Waals surface area contributed by atoms with Crippen molar-refractivity contribution in [2.24, 2.45) is 0 Å². The minimum atomic E-state index is -0.657. The van der Waals surface area contributed by atoms with Gasteiger partial charge in [0.25, 0.3) is 0 Å². The predicted octanol–water partition coefficient (Wildman–Crippen LogP) is 3.46. The van der Waals surface area contributed by atoms with Crippen LogP contribution in [-0.4, -0.2) is 17.3 Å². The summed E-state index contributed by atoms with van der Waals surface area (Å²) in [5.74, 6) is -1.18. The van der Waals surface area contributed by atoms with Crippen LogP contribution in [0, 0.1) is 0 Å². The first-order valence-corrected chi connectivity index (χ1v) is 7.22. The fraction of sp³-hybridized carbons (Fsp3) is 0.211. The number of carbonyl (C=O) groups excluding carboxylic acids is 3. The molecule has 1 atom stereocenters. The van der Waals surface area contributed by atoms with E-state index in [2.05, 4.69) is 0 Å². The third-order valence-corrected chi connectivity index (χ3v) is 4.21. The van der Waals surface area contributed by atoms with Crippen molar-refractivity contribution in [3.05, 3.63) is 53.1 Å². The van der Waals surface area contributed by atoms with E-state index in [4.69, 9.17) is 0 Å². The molecule has 0 radical (unpaired) electrons. The van der Waals surface area contributed by atoms with E-state index in [1.165, 1.54) is 20.8 Å². The minimum absolute atomic E-state index is 0.119. The summed E-state index contributed by atoms with van der Waals surface area (Å²) in [5, 5.41) is 1.88. The van der Waals surface area contributed by atoms with Crippen LogP contribution in [0.25, 0.3) is 16.3 Å². The van der Waals surface area contributed by atoms with Gasteiger partial charge in [0.1, 0.15) is 5.78 Å². The second-order valence-corrected chi connectivity index (χ2v) is 5.70. The maximum Gasteiger partial charge on any atom is 0.160 e. The number of benzene rings is 2. The minimum Gasteiger partial charge on any atom is -0.299 e. The lowest BCUT2D eigenvalue weighted by Crippen LogP contribution is -2.23. The van der Waals surface area contributed by atoms with Gasteiger partial charge in [-0.2, -0.15) is 0 Å². The quantitative estimate of drug-likeness (QED) is 0.870. The molecule has 0 aromatic heterocycles. The van der Waals surface area contributed by atoms with Crippen molar-refractivity contribution >= 4 is 33.7 Å². The maximum absolute atomic E-state index is 12.2. The molecule has 3 rings (SSSR count). The Morgan fingerprint density at radius 3 is 2.05 bits per heavy atom. The van der Waals surface area contributed by atoms with Crippen molar-refractivity contribution in [1.82, 2.24) is 0 Å². The Kier molecular flexibility index (Phi) is 3.28. The summed E-state index contributed by atoms with van der Waals surface area (Å²) in [6.45, 7) is 4.34. The number of allylic oxidation sites excluding steroid dienone is 2. The van der Waals surface area contributed by atoms with Crippen LogP contribution in [-0.2, 0) is 14.4 Å². The normalized spacial score (nSPS) is 16.8. The third kappa shape index (κ3) is 1.93. The lowest BCUT2D eigenvalue weighted by molar-refractivity contribution is -0.120. The van der Waals surface area contributed by atoms with Crippen LogP contribution in [0.1, 0.15) is 37.8 Å². The summed E-state index contributed by atoms with van der Waals surface area (Å²) < 4.78 is 0. The fourth-order valence-corrected chi connectivity index (χ4v) is 3.44. The number of hydrogen-bond acceptors (Lipinski definition) is 3. The van der Waals surface area contributed by atoms with E-state index in [1.54, 1.807) is 0 Å². The van der Waals surface area contributed by atoms with Gasteiger partial charge in [0, 0.05) is 11.1 Å². The summed E-state index contributed by atoms with van der Waals surface area (Å²) in [7, 11) is 0. The molecule has 22 heavy (non-hydrogen) atoms. The molecule has 0 saturated heterocycles. The van der Waals surface area contributed by atoms with Crippen LogP contribution >= 0.6 is 0 Å². The first kappa shape index (κ1) is 14.4. The van der Waals surface area contributed by atoms with Gasteiger partial charge in [-0.15, -0.1) is 0 Å². The highest BCUT2D eigenvalue weighted by Gasteiger charge is 2.35. The second-order valence-electron chi connectivity index (χ2n) is 5.70. The molecule has 0 heterocycles. The Morgan fingerprint density at radius 1 is 0.864 bits per heavy atom. The predicted molar refractivity (Wildman–Crippen MR) is 85.7 cm³/mol. The van der Waals surface area contributed by atoms with Crippen molar-refractivity contribution < 1.29 is 14.4 Å². The van der Waals surface area contributed by atoms with Crippen molar-refractivity contribution in [3.8, 4) is 0 Å². The van der Waals surface area contributed by atoms with E-state index >= 15 is 0 Å².